The molecule has 0 spiro atoms. The van der Waals surface area contributed by atoms with Gasteiger partial charge in [-0.2, -0.15) is 0 Å². The van der Waals surface area contributed by atoms with Gasteiger partial charge >= 0.3 is 0 Å². The van der Waals surface area contributed by atoms with E-state index in [4.69, 9.17) is 18.9 Å². The van der Waals surface area contributed by atoms with Gasteiger partial charge in [-0.1, -0.05) is 54.6 Å². The Hall–Kier alpha value is -4.55. The molecule has 42 heavy (non-hydrogen) atoms. The standard InChI is InChI=1S/C31H30N4O7/c1-39-22-12-8-20(9-13-22)31(19-6-4-3-5-7-19,21-10-14-23(40-2)15-11-21)41-16-24-26(36)27(37)30(42-24)35-18-34-25-28(35)32-17-33-29(25)38/h3-15,17-18,24,26-27,30,36-37H,16H2,1-2H3,(H,32,33,38)/t24-,26+,27+,30-/m0/s1. The number of methoxy groups -OCH3 is 2. The molecule has 6 rings (SSSR count). The van der Waals surface area contributed by atoms with E-state index in [2.05, 4.69) is 15.0 Å². The normalized spacial score (nSPS) is 20.6. The molecule has 216 valence electrons. The molecule has 3 N–H and O–H groups in total. The number of hydrogen-bond acceptors (Lipinski definition) is 9. The van der Waals surface area contributed by atoms with E-state index in [1.807, 2.05) is 78.9 Å². The van der Waals surface area contributed by atoms with Gasteiger partial charge in [-0.15, -0.1) is 0 Å². The lowest BCUT2D eigenvalue weighted by atomic mass is 9.80. The number of imidazole rings is 1. The largest absolute Gasteiger partial charge is 0.497 e. The molecule has 0 amide bonds. The molecule has 0 unspecified atom stereocenters. The number of aliphatic hydroxyl groups excluding tert-OH is 2. The fourth-order valence-corrected chi connectivity index (χ4v) is 5.43. The van der Waals surface area contributed by atoms with Crippen LogP contribution in [0.2, 0.25) is 0 Å². The van der Waals surface area contributed by atoms with Crippen LogP contribution in [0.15, 0.2) is 96.3 Å². The molecule has 2 aromatic heterocycles. The number of nitrogens with one attached hydrogen (secondary N) is 1. The van der Waals surface area contributed by atoms with Crippen molar-refractivity contribution < 1.29 is 29.2 Å². The van der Waals surface area contributed by atoms with Crippen LogP contribution in [0.3, 0.4) is 0 Å². The van der Waals surface area contributed by atoms with Gasteiger partial charge in [-0.3, -0.25) is 9.36 Å². The second-order valence-electron chi connectivity index (χ2n) is 9.92. The third kappa shape index (κ3) is 4.72. The number of fused-ring (bicyclic) bond motifs is 1. The van der Waals surface area contributed by atoms with E-state index >= 15 is 0 Å². The third-order valence-electron chi connectivity index (χ3n) is 7.61. The molecule has 1 aliphatic heterocycles. The van der Waals surface area contributed by atoms with Crippen molar-refractivity contribution in [1.29, 1.82) is 0 Å². The molecule has 1 aliphatic rings. The Bertz CT molecular complexity index is 1660. The van der Waals surface area contributed by atoms with Crippen LogP contribution >= 0.6 is 0 Å². The van der Waals surface area contributed by atoms with Crippen molar-refractivity contribution in [3.8, 4) is 11.5 Å². The zero-order valence-corrected chi connectivity index (χ0v) is 23.0. The van der Waals surface area contributed by atoms with Crippen LogP contribution in [0.1, 0.15) is 22.9 Å². The minimum absolute atomic E-state index is 0.0949. The molecule has 0 bridgehead atoms. The number of rotatable bonds is 9. The van der Waals surface area contributed by atoms with Crippen molar-refractivity contribution in [2.75, 3.05) is 20.8 Å². The van der Waals surface area contributed by atoms with Crippen molar-refractivity contribution in [1.82, 2.24) is 19.5 Å². The predicted octanol–water partition coefficient (Wildman–Crippen LogP) is 2.76. The predicted molar refractivity (Wildman–Crippen MR) is 152 cm³/mol. The molecule has 3 aromatic carbocycles. The number of H-pyrrole nitrogens is 1. The molecule has 11 heteroatoms. The van der Waals surface area contributed by atoms with Crippen molar-refractivity contribution in [2.24, 2.45) is 0 Å². The molecule has 0 saturated carbocycles. The average molecular weight is 571 g/mol. The van der Waals surface area contributed by atoms with Gasteiger partial charge in [0.05, 0.1) is 33.5 Å². The lowest BCUT2D eigenvalue weighted by Crippen LogP contribution is -2.39. The number of hydrogen-bond donors (Lipinski definition) is 3. The highest BCUT2D eigenvalue weighted by molar-refractivity contribution is 5.68. The van der Waals surface area contributed by atoms with Crippen LogP contribution in [0.4, 0.5) is 0 Å². The van der Waals surface area contributed by atoms with Crippen LogP contribution in [-0.4, -0.2) is 68.9 Å². The molecule has 1 saturated heterocycles. The first-order chi connectivity index (χ1) is 20.5. The molecule has 11 nitrogen and oxygen atoms in total. The summed E-state index contributed by atoms with van der Waals surface area (Å²) in [5, 5.41) is 22.1. The summed E-state index contributed by atoms with van der Waals surface area (Å²) in [5.41, 5.74) is 1.24. The van der Waals surface area contributed by atoms with Gasteiger partial charge in [0.15, 0.2) is 17.4 Å². The fraction of sp³-hybridized carbons (Fsp3) is 0.258. The van der Waals surface area contributed by atoms with Crippen molar-refractivity contribution in [3.05, 3.63) is 119 Å². The van der Waals surface area contributed by atoms with E-state index < -0.39 is 35.7 Å². The van der Waals surface area contributed by atoms with Crippen LogP contribution in [-0.2, 0) is 15.1 Å². The number of aromatic amines is 1. The quantitative estimate of drug-likeness (QED) is 0.228. The lowest BCUT2D eigenvalue weighted by molar-refractivity contribution is -0.0942. The van der Waals surface area contributed by atoms with E-state index in [1.165, 1.54) is 17.2 Å². The fourth-order valence-electron chi connectivity index (χ4n) is 5.43. The number of aliphatic hydroxyl groups is 2. The summed E-state index contributed by atoms with van der Waals surface area (Å²) in [5.74, 6) is 1.38. The zero-order valence-electron chi connectivity index (χ0n) is 23.0. The molecule has 3 heterocycles. The molecule has 0 aliphatic carbocycles. The Morgan fingerprint density at radius 1 is 0.857 bits per heavy atom. The Labute approximate surface area is 240 Å². The topological polar surface area (TPSA) is 141 Å². The Morgan fingerprint density at radius 2 is 1.45 bits per heavy atom. The number of ether oxygens (including phenoxy) is 4. The maximum Gasteiger partial charge on any atom is 0.278 e. The lowest BCUT2D eigenvalue weighted by Gasteiger charge is -2.37. The minimum Gasteiger partial charge on any atom is -0.497 e. The zero-order chi connectivity index (χ0) is 29.3. The maximum atomic E-state index is 12.2. The van der Waals surface area contributed by atoms with Gasteiger partial charge in [-0.25, -0.2) is 9.97 Å². The molecule has 4 atom stereocenters. The molecular formula is C31H30N4O7. The van der Waals surface area contributed by atoms with E-state index in [9.17, 15) is 15.0 Å². The minimum atomic E-state index is -1.33. The van der Waals surface area contributed by atoms with E-state index in [0.717, 1.165) is 16.7 Å². The van der Waals surface area contributed by atoms with Gasteiger partial charge in [0, 0.05) is 0 Å². The van der Waals surface area contributed by atoms with Crippen LogP contribution in [0, 0.1) is 0 Å². The van der Waals surface area contributed by atoms with Gasteiger partial charge in [0.1, 0.15) is 35.4 Å². The van der Waals surface area contributed by atoms with E-state index in [-0.39, 0.29) is 17.8 Å². The summed E-state index contributed by atoms with van der Waals surface area (Å²) in [6, 6.07) is 24.9. The Morgan fingerprint density at radius 3 is 2.05 bits per heavy atom. The number of benzene rings is 3. The molecule has 0 radical (unpaired) electrons. The van der Waals surface area contributed by atoms with Crippen molar-refractivity contribution in [3.63, 3.8) is 0 Å². The maximum absolute atomic E-state index is 12.2. The second-order valence-corrected chi connectivity index (χ2v) is 9.92. The second kappa shape index (κ2) is 11.4. The van der Waals surface area contributed by atoms with E-state index in [1.54, 1.807) is 14.2 Å². The summed E-state index contributed by atoms with van der Waals surface area (Å²) in [4.78, 5) is 22.9. The van der Waals surface area contributed by atoms with E-state index in [0.29, 0.717) is 11.5 Å². The van der Waals surface area contributed by atoms with Gasteiger partial charge in [-0.05, 0) is 41.0 Å². The van der Waals surface area contributed by atoms with Crippen LogP contribution < -0.4 is 15.0 Å². The van der Waals surface area contributed by atoms with Gasteiger partial charge in [0.25, 0.3) is 5.56 Å². The highest BCUT2D eigenvalue weighted by atomic mass is 16.6. The number of nitrogens with zero attached hydrogens (tertiary/aromatic N) is 3. The first-order valence-electron chi connectivity index (χ1n) is 13.4. The summed E-state index contributed by atoms with van der Waals surface area (Å²) < 4.78 is 25.2. The molecule has 5 aromatic rings. The monoisotopic (exact) mass is 570 g/mol. The summed E-state index contributed by atoms with van der Waals surface area (Å²) in [6.45, 7) is -0.0949. The average Bonchev–Trinajstić information content (AvgIpc) is 3.59. The van der Waals surface area contributed by atoms with Gasteiger partial charge < -0.3 is 34.1 Å². The molecular weight excluding hydrogens is 540 g/mol. The van der Waals surface area contributed by atoms with Gasteiger partial charge in [0.2, 0.25) is 0 Å². The summed E-state index contributed by atoms with van der Waals surface area (Å²) in [7, 11) is 3.21. The Balaban J connectivity index is 1.39. The SMILES string of the molecule is COc1ccc(C(OC[C@@H]2O[C@H](n3cnc4c(=O)[nH]cnc43)[C@H](O)[C@@H]2O)(c2ccccc2)c2ccc(OC)cc2)cc1. The smallest absolute Gasteiger partial charge is 0.278 e. The number of aromatic nitrogens is 4. The van der Waals surface area contributed by atoms with Crippen molar-refractivity contribution >= 4 is 11.2 Å². The first-order valence-corrected chi connectivity index (χ1v) is 13.4. The highest BCUT2D eigenvalue weighted by Gasteiger charge is 2.47. The van der Waals surface area contributed by atoms with Crippen LogP contribution in [0.25, 0.3) is 11.2 Å². The summed E-state index contributed by atoms with van der Waals surface area (Å²) >= 11 is 0. The third-order valence-corrected chi connectivity index (χ3v) is 7.61. The first kappa shape index (κ1) is 27.6. The summed E-state index contributed by atoms with van der Waals surface area (Å²) in [6.07, 6.45) is -1.98. The van der Waals surface area contributed by atoms with Crippen LogP contribution in [0.5, 0.6) is 11.5 Å². The highest BCUT2D eigenvalue weighted by Crippen LogP contribution is 2.43. The van der Waals surface area contributed by atoms with Crippen molar-refractivity contribution in [2.45, 2.75) is 30.1 Å². The molecule has 1 fully saturated rings. The Kier molecular flexibility index (Phi) is 7.48.